The minimum Gasteiger partial charge on any atom is -0.378 e. The number of halogens is 2. The molecule has 1 aliphatic heterocycles. The molecule has 2 unspecified atom stereocenters. The molecule has 1 aromatic heterocycles. The number of nitrogens with one attached hydrogen (secondary N) is 1. The van der Waals surface area contributed by atoms with E-state index in [9.17, 15) is 4.79 Å². The van der Waals surface area contributed by atoms with Crippen LogP contribution in [0.25, 0.3) is 0 Å². The van der Waals surface area contributed by atoms with Gasteiger partial charge in [-0.05, 0) is 26.2 Å². The maximum Gasteiger partial charge on any atom is 0.224 e. The Morgan fingerprint density at radius 1 is 1.48 bits per heavy atom. The predicted molar refractivity (Wildman–Crippen MR) is 97.0 cm³/mol. The number of carbonyl (C=O) groups is 1. The molecule has 1 amide bonds. The Morgan fingerprint density at radius 3 is 2.96 bits per heavy atom. The molecule has 2 aliphatic rings. The average Bonchev–Trinajstić information content (AvgIpc) is 2.87. The van der Waals surface area contributed by atoms with Gasteiger partial charge in [0.15, 0.2) is 0 Å². The van der Waals surface area contributed by atoms with Gasteiger partial charge in [0.05, 0.1) is 34.8 Å². The van der Waals surface area contributed by atoms with Crippen molar-refractivity contribution >= 4 is 42.1 Å². The number of amides is 1. The molecule has 0 bridgehead atoms. The van der Waals surface area contributed by atoms with Crippen LogP contribution in [0, 0.1) is 6.92 Å². The van der Waals surface area contributed by atoms with Crippen LogP contribution in [0.3, 0.4) is 0 Å². The number of hydrogen-bond acceptors (Lipinski definition) is 5. The first-order valence-corrected chi connectivity index (χ1v) is 8.50. The molecule has 8 heteroatoms. The van der Waals surface area contributed by atoms with E-state index in [2.05, 4.69) is 10.3 Å². The van der Waals surface area contributed by atoms with Crippen molar-refractivity contribution in [2.75, 3.05) is 26.8 Å². The number of aryl methyl sites for hydroxylation is 2. The summed E-state index contributed by atoms with van der Waals surface area (Å²) in [5, 5.41) is 4.46. The number of ether oxygens (including phenoxy) is 1. The first-order chi connectivity index (χ1) is 10.1. The number of rotatable bonds is 3. The van der Waals surface area contributed by atoms with Gasteiger partial charge in [-0.2, -0.15) is 0 Å². The standard InChI is InChI=1S/C15H23N3O2S.2ClH/c1-10-17-12-4-3-5-13(15(12)21-10)18(2)14(19)8-11-9-20-7-6-16-11;;/h11,13,16H,3-9H2,1-2H3;2*1H. The number of carbonyl (C=O) groups excluding carboxylic acids is 1. The lowest BCUT2D eigenvalue weighted by molar-refractivity contribution is -0.133. The second-order valence-electron chi connectivity index (χ2n) is 5.89. The van der Waals surface area contributed by atoms with Gasteiger partial charge in [0.2, 0.25) is 5.91 Å². The molecule has 2 heterocycles. The Kier molecular flexibility index (Phi) is 8.24. The number of morpholine rings is 1. The zero-order valence-electron chi connectivity index (χ0n) is 13.5. The summed E-state index contributed by atoms with van der Waals surface area (Å²) < 4.78 is 5.43. The third kappa shape index (κ3) is 4.79. The quantitative estimate of drug-likeness (QED) is 0.873. The number of nitrogens with zero attached hydrogens (tertiary/aromatic N) is 2. The second-order valence-corrected chi connectivity index (χ2v) is 7.12. The highest BCUT2D eigenvalue weighted by molar-refractivity contribution is 7.11. The van der Waals surface area contributed by atoms with Crippen molar-refractivity contribution in [3.63, 3.8) is 0 Å². The van der Waals surface area contributed by atoms with Crippen LogP contribution in [-0.4, -0.2) is 48.6 Å². The molecule has 5 nitrogen and oxygen atoms in total. The lowest BCUT2D eigenvalue weighted by atomic mass is 9.96. The van der Waals surface area contributed by atoms with E-state index in [1.54, 1.807) is 11.3 Å². The molecule has 3 rings (SSSR count). The van der Waals surface area contributed by atoms with Crippen LogP contribution in [0.4, 0.5) is 0 Å². The number of fused-ring (bicyclic) bond motifs is 1. The van der Waals surface area contributed by atoms with Gasteiger partial charge in [-0.1, -0.05) is 0 Å². The summed E-state index contributed by atoms with van der Waals surface area (Å²) in [6, 6.07) is 0.358. The molecule has 0 aromatic carbocycles. The summed E-state index contributed by atoms with van der Waals surface area (Å²) in [7, 11) is 1.93. The molecule has 0 spiro atoms. The molecule has 23 heavy (non-hydrogen) atoms. The highest BCUT2D eigenvalue weighted by Crippen LogP contribution is 2.37. The van der Waals surface area contributed by atoms with Crippen LogP contribution >= 0.6 is 36.2 Å². The molecule has 0 radical (unpaired) electrons. The highest BCUT2D eigenvalue weighted by atomic mass is 35.5. The highest BCUT2D eigenvalue weighted by Gasteiger charge is 2.30. The van der Waals surface area contributed by atoms with Crippen molar-refractivity contribution in [1.82, 2.24) is 15.2 Å². The van der Waals surface area contributed by atoms with E-state index >= 15 is 0 Å². The van der Waals surface area contributed by atoms with Gasteiger partial charge in [-0.15, -0.1) is 36.2 Å². The van der Waals surface area contributed by atoms with Gasteiger partial charge in [0.1, 0.15) is 0 Å². The van der Waals surface area contributed by atoms with Gasteiger partial charge in [0.25, 0.3) is 0 Å². The first kappa shape index (κ1) is 20.6. The molecule has 1 N–H and O–H groups in total. The van der Waals surface area contributed by atoms with E-state index in [-0.39, 0.29) is 42.8 Å². The normalized spacial score (nSPS) is 23.2. The first-order valence-electron chi connectivity index (χ1n) is 7.68. The summed E-state index contributed by atoms with van der Waals surface area (Å²) in [6.45, 7) is 4.26. The van der Waals surface area contributed by atoms with E-state index in [0.29, 0.717) is 13.0 Å². The third-order valence-corrected chi connectivity index (χ3v) is 5.42. The molecular weight excluding hydrogens is 357 g/mol. The Hall–Kier alpha value is -0.400. The number of hydrogen-bond donors (Lipinski definition) is 1. The van der Waals surface area contributed by atoms with Crippen LogP contribution < -0.4 is 5.32 Å². The van der Waals surface area contributed by atoms with Crippen molar-refractivity contribution in [3.8, 4) is 0 Å². The Balaban J connectivity index is 0.00000132. The lowest BCUT2D eigenvalue weighted by Gasteiger charge is -2.32. The molecular formula is C15H25Cl2N3O2S. The molecule has 1 aliphatic carbocycles. The SMILES string of the molecule is Cc1nc2c(s1)C(N(C)C(=O)CC1COCCN1)CCC2.Cl.Cl. The summed E-state index contributed by atoms with van der Waals surface area (Å²) in [4.78, 5) is 20.4. The Labute approximate surface area is 154 Å². The second kappa shape index (κ2) is 9.18. The lowest BCUT2D eigenvalue weighted by Crippen LogP contribution is -2.45. The van der Waals surface area contributed by atoms with Gasteiger partial charge in [-0.3, -0.25) is 4.79 Å². The van der Waals surface area contributed by atoms with Gasteiger partial charge >= 0.3 is 0 Å². The maximum absolute atomic E-state index is 12.5. The Morgan fingerprint density at radius 2 is 2.26 bits per heavy atom. The van der Waals surface area contributed by atoms with Gasteiger partial charge < -0.3 is 15.0 Å². The Bertz CT molecular complexity index is 521. The zero-order chi connectivity index (χ0) is 14.8. The van der Waals surface area contributed by atoms with Crippen LogP contribution in [-0.2, 0) is 16.0 Å². The summed E-state index contributed by atoms with van der Waals surface area (Å²) >= 11 is 1.74. The van der Waals surface area contributed by atoms with Gasteiger partial charge in [0, 0.05) is 26.1 Å². The minimum absolute atomic E-state index is 0. The fourth-order valence-electron chi connectivity index (χ4n) is 3.17. The van der Waals surface area contributed by atoms with E-state index in [4.69, 9.17) is 4.74 Å². The average molecular weight is 382 g/mol. The molecule has 1 saturated heterocycles. The fourth-order valence-corrected chi connectivity index (χ4v) is 4.32. The van der Waals surface area contributed by atoms with Crippen LogP contribution in [0.2, 0.25) is 0 Å². The fraction of sp³-hybridized carbons (Fsp3) is 0.733. The largest absolute Gasteiger partial charge is 0.378 e. The predicted octanol–water partition coefficient (Wildman–Crippen LogP) is 2.51. The minimum atomic E-state index is 0. The van der Waals surface area contributed by atoms with Crippen molar-refractivity contribution in [1.29, 1.82) is 0 Å². The van der Waals surface area contributed by atoms with Gasteiger partial charge in [-0.25, -0.2) is 4.98 Å². The molecule has 0 saturated carbocycles. The van der Waals surface area contributed by atoms with Crippen molar-refractivity contribution in [2.24, 2.45) is 0 Å². The van der Waals surface area contributed by atoms with Crippen LogP contribution in [0.15, 0.2) is 0 Å². The monoisotopic (exact) mass is 381 g/mol. The van der Waals surface area contributed by atoms with Crippen LogP contribution in [0.1, 0.15) is 40.9 Å². The third-order valence-electron chi connectivity index (χ3n) is 4.31. The van der Waals surface area contributed by atoms with Crippen LogP contribution in [0.5, 0.6) is 0 Å². The van der Waals surface area contributed by atoms with E-state index in [0.717, 1.165) is 37.4 Å². The van der Waals surface area contributed by atoms with Crippen molar-refractivity contribution in [3.05, 3.63) is 15.6 Å². The molecule has 1 fully saturated rings. The topological polar surface area (TPSA) is 54.5 Å². The number of aromatic nitrogens is 1. The number of thiazole rings is 1. The smallest absolute Gasteiger partial charge is 0.224 e. The van der Waals surface area contributed by atoms with E-state index < -0.39 is 0 Å². The molecule has 132 valence electrons. The molecule has 1 aromatic rings. The maximum atomic E-state index is 12.5. The summed E-state index contributed by atoms with van der Waals surface area (Å²) in [5.74, 6) is 0.196. The zero-order valence-corrected chi connectivity index (χ0v) is 16.0. The van der Waals surface area contributed by atoms with Crippen molar-refractivity contribution < 1.29 is 9.53 Å². The molecule has 2 atom stereocenters. The summed E-state index contributed by atoms with van der Waals surface area (Å²) in [6.07, 6.45) is 3.73. The van der Waals surface area contributed by atoms with E-state index in [1.165, 1.54) is 10.6 Å². The summed E-state index contributed by atoms with van der Waals surface area (Å²) in [5.41, 5.74) is 1.20. The van der Waals surface area contributed by atoms with E-state index in [1.807, 2.05) is 18.9 Å². The van der Waals surface area contributed by atoms with Crippen molar-refractivity contribution in [2.45, 2.75) is 44.7 Å².